The summed E-state index contributed by atoms with van der Waals surface area (Å²) in [4.78, 5) is 10.8. The average molecular weight is 283 g/mol. The maximum atomic E-state index is 12.3. The van der Waals surface area contributed by atoms with Crippen molar-refractivity contribution in [2.45, 2.75) is 30.6 Å². The van der Waals surface area contributed by atoms with Crippen LogP contribution in [-0.2, 0) is 21.2 Å². The van der Waals surface area contributed by atoms with Crippen LogP contribution in [0.4, 0.5) is 0 Å². The normalized spacial score (nSPS) is 17.3. The molecule has 0 bridgehead atoms. The molecular weight excluding hydrogens is 266 g/mol. The van der Waals surface area contributed by atoms with Crippen LogP contribution in [-0.4, -0.2) is 36.9 Å². The molecule has 0 spiro atoms. The van der Waals surface area contributed by atoms with Gasteiger partial charge in [0.2, 0.25) is 10.0 Å². The van der Waals surface area contributed by atoms with Gasteiger partial charge in [-0.05, 0) is 30.5 Å². The molecule has 0 unspecified atom stereocenters. The summed E-state index contributed by atoms with van der Waals surface area (Å²) in [6, 6.07) is 6.10. The van der Waals surface area contributed by atoms with E-state index in [1.165, 1.54) is 16.4 Å². The van der Waals surface area contributed by atoms with Crippen LogP contribution in [0.5, 0.6) is 0 Å². The van der Waals surface area contributed by atoms with E-state index in [0.717, 1.165) is 19.3 Å². The number of hydrogen-bond acceptors (Lipinski definition) is 3. The van der Waals surface area contributed by atoms with Gasteiger partial charge in [0.1, 0.15) is 0 Å². The minimum absolute atomic E-state index is 0.0932. The highest BCUT2D eigenvalue weighted by Gasteiger charge is 2.25. The smallest absolute Gasteiger partial charge is 0.307 e. The van der Waals surface area contributed by atoms with E-state index in [-0.39, 0.29) is 11.3 Å². The largest absolute Gasteiger partial charge is 0.481 e. The van der Waals surface area contributed by atoms with Crippen molar-refractivity contribution < 1.29 is 18.3 Å². The van der Waals surface area contributed by atoms with Gasteiger partial charge in [0.05, 0.1) is 11.3 Å². The van der Waals surface area contributed by atoms with Gasteiger partial charge in [0.15, 0.2) is 0 Å². The van der Waals surface area contributed by atoms with Gasteiger partial charge < -0.3 is 5.11 Å². The van der Waals surface area contributed by atoms with Gasteiger partial charge >= 0.3 is 5.97 Å². The van der Waals surface area contributed by atoms with Crippen molar-refractivity contribution in [3.8, 4) is 0 Å². The molecule has 0 atom stereocenters. The molecule has 1 aromatic carbocycles. The number of carbonyl (C=O) groups is 1. The van der Waals surface area contributed by atoms with E-state index in [2.05, 4.69) is 0 Å². The minimum Gasteiger partial charge on any atom is -0.481 e. The predicted molar refractivity (Wildman–Crippen MR) is 70.4 cm³/mol. The highest BCUT2D eigenvalue weighted by atomic mass is 32.2. The highest BCUT2D eigenvalue weighted by Crippen LogP contribution is 2.20. The van der Waals surface area contributed by atoms with Gasteiger partial charge in [-0.25, -0.2) is 8.42 Å². The third-order valence-electron chi connectivity index (χ3n) is 3.23. The summed E-state index contributed by atoms with van der Waals surface area (Å²) in [5.74, 6) is -0.924. The Kier molecular flexibility index (Phi) is 4.21. The minimum atomic E-state index is -3.42. The summed E-state index contributed by atoms with van der Waals surface area (Å²) in [6.45, 7) is 1.14. The lowest BCUT2D eigenvalue weighted by atomic mass is 10.2. The molecule has 0 amide bonds. The third kappa shape index (κ3) is 3.33. The Morgan fingerprint density at radius 1 is 1.11 bits per heavy atom. The molecule has 1 heterocycles. The number of aliphatic carboxylic acids is 1. The van der Waals surface area contributed by atoms with Crippen molar-refractivity contribution >= 4 is 16.0 Å². The van der Waals surface area contributed by atoms with E-state index < -0.39 is 16.0 Å². The average Bonchev–Trinajstić information content (AvgIpc) is 2.40. The SMILES string of the molecule is O=C(O)Cc1ccc(S(=O)(=O)N2CCCCC2)cc1. The summed E-state index contributed by atoms with van der Waals surface area (Å²) in [5.41, 5.74) is 0.602. The van der Waals surface area contributed by atoms with Crippen LogP contribution in [0, 0.1) is 0 Å². The zero-order valence-electron chi connectivity index (χ0n) is 10.6. The van der Waals surface area contributed by atoms with Crippen LogP contribution in [0.15, 0.2) is 29.2 Å². The molecule has 5 nitrogen and oxygen atoms in total. The van der Waals surface area contributed by atoms with Crippen molar-refractivity contribution in [3.63, 3.8) is 0 Å². The molecule has 0 saturated carbocycles. The number of carboxylic acid groups (broad SMARTS) is 1. The second-order valence-corrected chi connectivity index (χ2v) is 6.62. The Balaban J connectivity index is 2.18. The Morgan fingerprint density at radius 2 is 1.68 bits per heavy atom. The quantitative estimate of drug-likeness (QED) is 0.908. The number of hydrogen-bond donors (Lipinski definition) is 1. The second-order valence-electron chi connectivity index (χ2n) is 4.68. The first kappa shape index (κ1) is 14.0. The fourth-order valence-corrected chi connectivity index (χ4v) is 3.73. The molecule has 0 aliphatic carbocycles. The maximum Gasteiger partial charge on any atom is 0.307 e. The van der Waals surface area contributed by atoms with E-state index in [9.17, 15) is 13.2 Å². The highest BCUT2D eigenvalue weighted by molar-refractivity contribution is 7.89. The van der Waals surface area contributed by atoms with Crippen LogP contribution in [0.25, 0.3) is 0 Å². The van der Waals surface area contributed by atoms with Crippen LogP contribution >= 0.6 is 0 Å². The number of sulfonamides is 1. The van der Waals surface area contributed by atoms with E-state index >= 15 is 0 Å². The molecular formula is C13H17NO4S. The van der Waals surface area contributed by atoms with E-state index in [0.29, 0.717) is 18.7 Å². The van der Waals surface area contributed by atoms with Crippen molar-refractivity contribution in [3.05, 3.63) is 29.8 Å². The molecule has 1 N–H and O–H groups in total. The predicted octanol–water partition coefficient (Wildman–Crippen LogP) is 1.49. The van der Waals surface area contributed by atoms with Gasteiger partial charge in [0.25, 0.3) is 0 Å². The number of nitrogens with zero attached hydrogens (tertiary/aromatic N) is 1. The molecule has 0 radical (unpaired) electrons. The molecule has 6 heteroatoms. The molecule has 19 heavy (non-hydrogen) atoms. The third-order valence-corrected chi connectivity index (χ3v) is 5.14. The Labute approximate surface area is 112 Å². The molecule has 0 aromatic heterocycles. The van der Waals surface area contributed by atoms with E-state index in [1.54, 1.807) is 12.1 Å². The Hall–Kier alpha value is -1.40. The topological polar surface area (TPSA) is 74.7 Å². The molecule has 104 valence electrons. The second kappa shape index (κ2) is 5.71. The molecule has 1 fully saturated rings. The lowest BCUT2D eigenvalue weighted by Crippen LogP contribution is -2.35. The van der Waals surface area contributed by atoms with Crippen LogP contribution in [0.3, 0.4) is 0 Å². The Morgan fingerprint density at radius 3 is 2.21 bits per heavy atom. The zero-order chi connectivity index (χ0) is 13.9. The summed E-state index contributed by atoms with van der Waals surface area (Å²) in [5, 5.41) is 8.67. The van der Waals surface area contributed by atoms with Crippen molar-refractivity contribution in [1.82, 2.24) is 4.31 Å². The van der Waals surface area contributed by atoms with Gasteiger partial charge in [-0.15, -0.1) is 0 Å². The maximum absolute atomic E-state index is 12.3. The zero-order valence-corrected chi connectivity index (χ0v) is 11.4. The van der Waals surface area contributed by atoms with Crippen molar-refractivity contribution in [2.75, 3.05) is 13.1 Å². The first-order chi connectivity index (χ1) is 9.00. The van der Waals surface area contributed by atoms with Crippen LogP contribution < -0.4 is 0 Å². The lowest BCUT2D eigenvalue weighted by Gasteiger charge is -2.25. The summed E-state index contributed by atoms with van der Waals surface area (Å²) >= 11 is 0. The molecule has 2 rings (SSSR count). The van der Waals surface area contributed by atoms with Gasteiger partial charge in [-0.1, -0.05) is 18.6 Å². The van der Waals surface area contributed by atoms with Gasteiger partial charge in [0, 0.05) is 13.1 Å². The summed E-state index contributed by atoms with van der Waals surface area (Å²) in [6.07, 6.45) is 2.78. The van der Waals surface area contributed by atoms with E-state index in [4.69, 9.17) is 5.11 Å². The van der Waals surface area contributed by atoms with Crippen molar-refractivity contribution in [2.24, 2.45) is 0 Å². The molecule has 1 aliphatic heterocycles. The van der Waals surface area contributed by atoms with Gasteiger partial charge in [-0.2, -0.15) is 4.31 Å². The number of rotatable bonds is 4. The number of piperidine rings is 1. The monoisotopic (exact) mass is 283 g/mol. The molecule has 1 aromatic rings. The molecule has 1 saturated heterocycles. The van der Waals surface area contributed by atoms with Crippen molar-refractivity contribution in [1.29, 1.82) is 0 Å². The van der Waals surface area contributed by atoms with Gasteiger partial charge in [-0.3, -0.25) is 4.79 Å². The number of benzene rings is 1. The number of carboxylic acids is 1. The summed E-state index contributed by atoms with van der Waals surface area (Å²) < 4.78 is 26.2. The fraction of sp³-hybridized carbons (Fsp3) is 0.462. The lowest BCUT2D eigenvalue weighted by molar-refractivity contribution is -0.136. The first-order valence-corrected chi connectivity index (χ1v) is 7.75. The standard InChI is InChI=1S/C13H17NO4S/c15-13(16)10-11-4-6-12(7-5-11)19(17,18)14-8-2-1-3-9-14/h4-7H,1-3,8-10H2,(H,15,16). The Bertz CT molecular complexity index is 545. The van der Waals surface area contributed by atoms with Crippen LogP contribution in [0.1, 0.15) is 24.8 Å². The first-order valence-electron chi connectivity index (χ1n) is 6.31. The molecule has 1 aliphatic rings. The fourth-order valence-electron chi connectivity index (χ4n) is 2.21. The summed E-state index contributed by atoms with van der Waals surface area (Å²) in [7, 11) is -3.42. The van der Waals surface area contributed by atoms with Crippen LogP contribution in [0.2, 0.25) is 0 Å². The van der Waals surface area contributed by atoms with E-state index in [1.807, 2.05) is 0 Å².